The van der Waals surface area contributed by atoms with Crippen molar-refractivity contribution in [2.24, 2.45) is 11.8 Å². The van der Waals surface area contributed by atoms with Crippen LogP contribution in [0, 0.1) is 35.1 Å². The summed E-state index contributed by atoms with van der Waals surface area (Å²) >= 11 is 0. The van der Waals surface area contributed by atoms with Gasteiger partial charge < -0.3 is 50.8 Å². The number of likely N-dealkylation sites (tertiary alicyclic amines) is 2. The lowest BCUT2D eigenvalue weighted by Gasteiger charge is -2.29. The quantitative estimate of drug-likeness (QED) is 0.0463. The monoisotopic (exact) mass is 1060 g/mol. The predicted octanol–water partition coefficient (Wildman–Crippen LogP) is 5.90. The first-order chi connectivity index (χ1) is 36.6. The first-order valence-corrected chi connectivity index (χ1v) is 26.8. The van der Waals surface area contributed by atoms with E-state index in [0.29, 0.717) is 76.5 Å². The molecule has 76 heavy (non-hydrogen) atoms. The molecule has 4 aromatic rings. The molecule has 14 nitrogen and oxygen atoms in total. The van der Waals surface area contributed by atoms with Gasteiger partial charge in [0.25, 0.3) is 0 Å². The van der Waals surface area contributed by atoms with Crippen LogP contribution in [-0.4, -0.2) is 131 Å². The van der Waals surface area contributed by atoms with Crippen LogP contribution in [0.25, 0.3) is 0 Å². The van der Waals surface area contributed by atoms with E-state index >= 15 is 0 Å². The average molecular weight is 1060 g/mol. The van der Waals surface area contributed by atoms with Gasteiger partial charge in [0.1, 0.15) is 23.3 Å². The second-order valence-electron chi connectivity index (χ2n) is 20.7. The number of carbonyl (C=O) groups is 4. The van der Waals surface area contributed by atoms with E-state index in [1.165, 1.54) is 24.3 Å². The van der Waals surface area contributed by atoms with Crippen LogP contribution in [0.2, 0.25) is 0 Å². The lowest BCUT2D eigenvalue weighted by atomic mass is 9.94. The molecule has 4 saturated heterocycles. The third-order valence-corrected chi connectivity index (χ3v) is 14.7. The highest BCUT2D eigenvalue weighted by molar-refractivity contribution is 5.90. The van der Waals surface area contributed by atoms with E-state index in [0.717, 1.165) is 48.9 Å². The molecule has 4 amide bonds. The number of unbranched alkanes of at least 4 members (excludes halogenated alkanes) is 2. The van der Waals surface area contributed by atoms with Crippen molar-refractivity contribution < 1.29 is 56.4 Å². The zero-order valence-corrected chi connectivity index (χ0v) is 43.5. The molecule has 0 radical (unpaired) electrons. The first kappa shape index (κ1) is 57.9. The van der Waals surface area contributed by atoms with Gasteiger partial charge in [-0.25, -0.2) is 17.6 Å². The summed E-state index contributed by atoms with van der Waals surface area (Å²) in [6.07, 6.45) is 2.64. The van der Waals surface area contributed by atoms with E-state index in [9.17, 15) is 47.0 Å². The van der Waals surface area contributed by atoms with Crippen LogP contribution >= 0.6 is 0 Å². The molecule has 4 fully saturated rings. The maximum Gasteiger partial charge on any atom is 0.225 e. The molecule has 0 spiro atoms. The SMILES string of the molecule is CCCCN1CC(C(=O)NC(Cc2cc(F)cc(F)c2)[C@H](O)C2C[C@@H](OCc3ccccc3)CN2)CC1=O.CCCCN1CC(C(=O)NC(Cc2cc(F)cc(F)c2)[C@H](O)C2C[C@@H](OCc3ccccc3)CN2)CC1=O. The Bertz CT molecular complexity index is 2300. The van der Waals surface area contributed by atoms with Crippen molar-refractivity contribution >= 4 is 23.6 Å². The van der Waals surface area contributed by atoms with Crippen molar-refractivity contribution in [3.05, 3.63) is 143 Å². The molecule has 8 rings (SSSR count). The largest absolute Gasteiger partial charge is 0.389 e. The summed E-state index contributed by atoms with van der Waals surface area (Å²) in [5, 5.41) is 35.0. The summed E-state index contributed by atoms with van der Waals surface area (Å²) in [6, 6.07) is 23.6. The molecule has 0 aromatic heterocycles. The zero-order chi connectivity index (χ0) is 54.1. The molecule has 0 bridgehead atoms. The molecule has 0 aliphatic carbocycles. The van der Waals surface area contributed by atoms with E-state index in [1.54, 1.807) is 9.80 Å². The third kappa shape index (κ3) is 17.1. The fraction of sp³-hybridized carbons (Fsp3) is 0.517. The zero-order valence-electron chi connectivity index (χ0n) is 43.5. The van der Waals surface area contributed by atoms with Gasteiger partial charge in [-0.15, -0.1) is 0 Å². The fourth-order valence-electron chi connectivity index (χ4n) is 10.5. The van der Waals surface area contributed by atoms with Gasteiger partial charge in [0, 0.05) is 76.3 Å². The minimum Gasteiger partial charge on any atom is -0.389 e. The minimum absolute atomic E-state index is 0.0372. The van der Waals surface area contributed by atoms with Crippen molar-refractivity contribution in [2.75, 3.05) is 39.3 Å². The van der Waals surface area contributed by atoms with Crippen LogP contribution < -0.4 is 21.3 Å². The van der Waals surface area contributed by atoms with Crippen molar-refractivity contribution in [2.45, 2.75) is 140 Å². The van der Waals surface area contributed by atoms with E-state index < -0.39 is 59.4 Å². The standard InChI is InChI=1S/2C29H37F2N3O4/c2*1-2-3-9-34-17-21(13-27(34)35)29(37)33-26(12-20-10-22(30)14-23(31)11-20)28(36)25-15-24(16-32-25)38-18-19-7-5-4-6-8-19/h2*4-8,10-11,14,21,24-26,28,32,36H,2-3,9,12-13,15-18H2,1H3,(H,33,37)/t2*21?,24-,25?,26?,28-/m11/s1. The van der Waals surface area contributed by atoms with Crippen LogP contribution in [0.4, 0.5) is 17.6 Å². The van der Waals surface area contributed by atoms with Gasteiger partial charge in [-0.2, -0.15) is 0 Å². The first-order valence-electron chi connectivity index (χ1n) is 26.8. The lowest BCUT2D eigenvalue weighted by Crippen LogP contribution is -2.53. The van der Waals surface area contributed by atoms with E-state index in [2.05, 4.69) is 21.3 Å². The minimum atomic E-state index is -1.04. The summed E-state index contributed by atoms with van der Waals surface area (Å²) in [4.78, 5) is 54.6. The summed E-state index contributed by atoms with van der Waals surface area (Å²) in [5.41, 5.74) is 2.75. The maximum absolute atomic E-state index is 13.9. The Kier molecular flexibility index (Phi) is 21.8. The molecule has 6 N–H and O–H groups in total. The summed E-state index contributed by atoms with van der Waals surface area (Å²) in [6.45, 7) is 7.94. The van der Waals surface area contributed by atoms with Crippen molar-refractivity contribution in [3.8, 4) is 0 Å². The van der Waals surface area contributed by atoms with Crippen LogP contribution in [0.15, 0.2) is 97.1 Å². The molecule has 10 atom stereocenters. The highest BCUT2D eigenvalue weighted by atomic mass is 19.1. The number of aliphatic hydroxyl groups excluding tert-OH is 2. The van der Waals surface area contributed by atoms with Gasteiger partial charge in [0.15, 0.2) is 0 Å². The average Bonchev–Trinajstić information content (AvgIpc) is 4.23. The number of halogens is 4. The van der Waals surface area contributed by atoms with Crippen LogP contribution in [0.1, 0.15) is 87.5 Å². The van der Waals surface area contributed by atoms with E-state index in [-0.39, 0.29) is 73.6 Å². The molecule has 4 aliphatic heterocycles. The lowest BCUT2D eigenvalue weighted by molar-refractivity contribution is -0.129. The van der Waals surface area contributed by atoms with Crippen LogP contribution in [-0.2, 0) is 54.7 Å². The van der Waals surface area contributed by atoms with Gasteiger partial charge in [-0.05, 0) is 85.0 Å². The number of benzene rings is 4. The Morgan fingerprint density at radius 1 is 0.592 bits per heavy atom. The predicted molar refractivity (Wildman–Crippen MR) is 278 cm³/mol. The number of nitrogens with one attached hydrogen (secondary N) is 4. The van der Waals surface area contributed by atoms with Crippen LogP contribution in [0.3, 0.4) is 0 Å². The molecular weight excluding hydrogens is 985 g/mol. The molecule has 4 heterocycles. The Hall–Kier alpha value is -5.76. The number of hydrogen-bond donors (Lipinski definition) is 6. The smallest absolute Gasteiger partial charge is 0.225 e. The highest BCUT2D eigenvalue weighted by Gasteiger charge is 2.41. The molecule has 4 aromatic carbocycles. The Morgan fingerprint density at radius 3 is 1.32 bits per heavy atom. The molecule has 6 unspecified atom stereocenters. The topological polar surface area (TPSA) is 182 Å². The van der Waals surface area contributed by atoms with Gasteiger partial charge in [0.05, 0.1) is 61.5 Å². The second kappa shape index (κ2) is 28.6. The van der Waals surface area contributed by atoms with E-state index in [1.807, 2.05) is 74.5 Å². The number of nitrogens with zero attached hydrogens (tertiary/aromatic N) is 2. The Labute approximate surface area is 443 Å². The molecule has 412 valence electrons. The van der Waals surface area contributed by atoms with Crippen molar-refractivity contribution in [3.63, 3.8) is 0 Å². The van der Waals surface area contributed by atoms with Crippen LogP contribution in [0.5, 0.6) is 0 Å². The van der Waals surface area contributed by atoms with E-state index in [4.69, 9.17) is 9.47 Å². The van der Waals surface area contributed by atoms with Crippen molar-refractivity contribution in [1.82, 2.24) is 31.1 Å². The summed E-state index contributed by atoms with van der Waals surface area (Å²) < 4.78 is 67.6. The van der Waals surface area contributed by atoms with Crippen molar-refractivity contribution in [1.29, 1.82) is 0 Å². The number of amides is 4. The molecule has 4 aliphatic rings. The number of rotatable bonds is 24. The summed E-state index contributed by atoms with van der Waals surface area (Å²) in [5.74, 6) is -4.74. The fourth-order valence-corrected chi connectivity index (χ4v) is 10.5. The second-order valence-corrected chi connectivity index (χ2v) is 20.7. The highest BCUT2D eigenvalue weighted by Crippen LogP contribution is 2.25. The number of ether oxygens (including phenoxy) is 2. The van der Waals surface area contributed by atoms with Gasteiger partial charge in [0.2, 0.25) is 23.6 Å². The number of hydrogen-bond acceptors (Lipinski definition) is 10. The Morgan fingerprint density at radius 2 is 0.961 bits per heavy atom. The summed E-state index contributed by atoms with van der Waals surface area (Å²) in [7, 11) is 0. The van der Waals surface area contributed by atoms with Gasteiger partial charge in [-0.1, -0.05) is 87.4 Å². The molecule has 18 heteroatoms. The van der Waals surface area contributed by atoms with Gasteiger partial charge >= 0.3 is 0 Å². The van der Waals surface area contributed by atoms with Gasteiger partial charge in [-0.3, -0.25) is 19.2 Å². The molecular formula is C58H74F4N6O8. The Balaban J connectivity index is 0.000000221. The third-order valence-electron chi connectivity index (χ3n) is 14.7. The molecule has 0 saturated carbocycles. The number of aliphatic hydroxyl groups is 2. The maximum atomic E-state index is 13.9. The number of carbonyl (C=O) groups excluding carboxylic acids is 4. The normalized spacial score (nSPS) is 23.0.